The molecular weight excluding hydrogens is 249 g/mol. The second kappa shape index (κ2) is 6.02. The molecule has 1 saturated heterocycles. The minimum absolute atomic E-state index is 0.0160. The molecule has 19 heavy (non-hydrogen) atoms. The van der Waals surface area contributed by atoms with Gasteiger partial charge in [0.25, 0.3) is 0 Å². The maximum Gasteiger partial charge on any atom is 0.227 e. The Morgan fingerprint density at radius 1 is 1.47 bits per heavy atom. The summed E-state index contributed by atoms with van der Waals surface area (Å²) in [5.41, 5.74) is 0.235. The zero-order valence-electron chi connectivity index (χ0n) is 10.9. The molecule has 104 valence electrons. The highest BCUT2D eigenvalue weighted by Crippen LogP contribution is 2.18. The second-order valence-electron chi connectivity index (χ2n) is 4.77. The van der Waals surface area contributed by atoms with Gasteiger partial charge >= 0.3 is 0 Å². The first-order chi connectivity index (χ1) is 9.10. The van der Waals surface area contributed by atoms with Crippen molar-refractivity contribution < 1.29 is 19.0 Å². The van der Waals surface area contributed by atoms with Crippen molar-refractivity contribution in [3.63, 3.8) is 0 Å². The normalized spacial score (nSPS) is 16.6. The van der Waals surface area contributed by atoms with Crippen LogP contribution in [0.25, 0.3) is 0 Å². The largest absolute Gasteiger partial charge is 0.508 e. The molecule has 0 aromatic heterocycles. The van der Waals surface area contributed by atoms with Gasteiger partial charge in [0.2, 0.25) is 5.91 Å². The van der Waals surface area contributed by atoms with Crippen LogP contribution in [0.4, 0.5) is 4.39 Å². The standard InChI is InChI=1S/C14H18FNO3/c1-19-12-4-6-16(7-5-12)14(18)9-10-8-11(17)2-3-13(10)15/h2-3,8,12,17H,4-7,9H2,1H3. The van der Waals surface area contributed by atoms with E-state index in [4.69, 9.17) is 4.74 Å². The average molecular weight is 267 g/mol. The lowest BCUT2D eigenvalue weighted by Gasteiger charge is -2.31. The van der Waals surface area contributed by atoms with E-state index in [-0.39, 0.29) is 29.7 Å². The topological polar surface area (TPSA) is 49.8 Å². The molecule has 0 saturated carbocycles. The summed E-state index contributed by atoms with van der Waals surface area (Å²) in [4.78, 5) is 13.8. The van der Waals surface area contributed by atoms with Gasteiger partial charge in [-0.05, 0) is 31.0 Å². The van der Waals surface area contributed by atoms with Crippen molar-refractivity contribution in [2.75, 3.05) is 20.2 Å². The van der Waals surface area contributed by atoms with E-state index in [1.165, 1.54) is 18.2 Å². The van der Waals surface area contributed by atoms with Gasteiger partial charge in [0.1, 0.15) is 11.6 Å². The van der Waals surface area contributed by atoms with Crippen LogP contribution in [0.3, 0.4) is 0 Å². The fraction of sp³-hybridized carbons (Fsp3) is 0.500. The lowest BCUT2D eigenvalue weighted by molar-refractivity contribution is -0.132. The highest BCUT2D eigenvalue weighted by Gasteiger charge is 2.23. The molecule has 0 radical (unpaired) electrons. The first-order valence-corrected chi connectivity index (χ1v) is 6.38. The Morgan fingerprint density at radius 2 is 2.16 bits per heavy atom. The number of nitrogens with zero attached hydrogens (tertiary/aromatic N) is 1. The third kappa shape index (κ3) is 3.44. The number of phenols is 1. The zero-order chi connectivity index (χ0) is 13.8. The third-order valence-electron chi connectivity index (χ3n) is 3.50. The highest BCUT2D eigenvalue weighted by molar-refractivity contribution is 5.79. The van der Waals surface area contributed by atoms with Gasteiger partial charge in [0.15, 0.2) is 0 Å². The number of hydrogen-bond acceptors (Lipinski definition) is 3. The van der Waals surface area contributed by atoms with Crippen LogP contribution in [0.2, 0.25) is 0 Å². The molecule has 4 nitrogen and oxygen atoms in total. The van der Waals surface area contributed by atoms with E-state index < -0.39 is 5.82 Å². The molecule has 1 N–H and O–H groups in total. The number of carbonyl (C=O) groups excluding carboxylic acids is 1. The number of amides is 1. The predicted octanol–water partition coefficient (Wildman–Crippen LogP) is 1.71. The SMILES string of the molecule is COC1CCN(C(=O)Cc2cc(O)ccc2F)CC1. The van der Waals surface area contributed by atoms with Crippen molar-refractivity contribution in [3.05, 3.63) is 29.6 Å². The molecule has 0 spiro atoms. The number of ether oxygens (including phenoxy) is 1. The molecule has 1 amide bonds. The van der Waals surface area contributed by atoms with Crippen LogP contribution in [-0.4, -0.2) is 42.2 Å². The molecule has 2 rings (SSSR count). The van der Waals surface area contributed by atoms with E-state index in [0.717, 1.165) is 12.8 Å². The molecule has 1 aliphatic heterocycles. The molecule has 0 atom stereocenters. The Labute approximate surface area is 111 Å². The summed E-state index contributed by atoms with van der Waals surface area (Å²) in [5, 5.41) is 9.32. The summed E-state index contributed by atoms with van der Waals surface area (Å²) in [6.45, 7) is 1.27. The van der Waals surface area contributed by atoms with Gasteiger partial charge in [-0.2, -0.15) is 0 Å². The smallest absolute Gasteiger partial charge is 0.227 e. The molecular formula is C14H18FNO3. The molecule has 1 heterocycles. The Hall–Kier alpha value is -1.62. The monoisotopic (exact) mass is 267 g/mol. The van der Waals surface area contributed by atoms with Crippen LogP contribution < -0.4 is 0 Å². The van der Waals surface area contributed by atoms with Crippen LogP contribution >= 0.6 is 0 Å². The molecule has 0 bridgehead atoms. The number of methoxy groups -OCH3 is 1. The first kappa shape index (κ1) is 13.8. The van der Waals surface area contributed by atoms with Crippen LogP contribution in [0.15, 0.2) is 18.2 Å². The van der Waals surface area contributed by atoms with Crippen LogP contribution in [0, 0.1) is 5.82 Å². The lowest BCUT2D eigenvalue weighted by atomic mass is 10.1. The Morgan fingerprint density at radius 3 is 2.79 bits per heavy atom. The molecule has 1 aliphatic rings. The van der Waals surface area contributed by atoms with E-state index in [1.54, 1.807) is 12.0 Å². The lowest BCUT2D eigenvalue weighted by Crippen LogP contribution is -2.41. The van der Waals surface area contributed by atoms with E-state index >= 15 is 0 Å². The van der Waals surface area contributed by atoms with E-state index in [2.05, 4.69) is 0 Å². The van der Waals surface area contributed by atoms with Gasteiger partial charge in [0.05, 0.1) is 12.5 Å². The number of halogens is 1. The maximum absolute atomic E-state index is 13.5. The van der Waals surface area contributed by atoms with Crippen molar-refractivity contribution in [2.24, 2.45) is 0 Å². The summed E-state index contributed by atoms with van der Waals surface area (Å²) in [5.74, 6) is -0.598. The van der Waals surface area contributed by atoms with Gasteiger partial charge in [-0.25, -0.2) is 4.39 Å². The summed E-state index contributed by atoms with van der Waals surface area (Å²) < 4.78 is 18.8. The van der Waals surface area contributed by atoms with Crippen molar-refractivity contribution in [3.8, 4) is 5.75 Å². The van der Waals surface area contributed by atoms with Gasteiger partial charge in [-0.15, -0.1) is 0 Å². The molecule has 1 aromatic carbocycles. The number of rotatable bonds is 3. The number of piperidine rings is 1. The van der Waals surface area contributed by atoms with Crippen LogP contribution in [0.5, 0.6) is 5.75 Å². The van der Waals surface area contributed by atoms with E-state index in [9.17, 15) is 14.3 Å². The zero-order valence-corrected chi connectivity index (χ0v) is 10.9. The van der Waals surface area contributed by atoms with Crippen molar-refractivity contribution in [1.29, 1.82) is 0 Å². The van der Waals surface area contributed by atoms with Crippen LogP contribution in [0.1, 0.15) is 18.4 Å². The molecule has 0 unspecified atom stereocenters. The van der Waals surface area contributed by atoms with Gasteiger partial charge in [-0.3, -0.25) is 4.79 Å². The van der Waals surface area contributed by atoms with Crippen molar-refractivity contribution >= 4 is 5.91 Å². The number of aromatic hydroxyl groups is 1. The fourth-order valence-electron chi connectivity index (χ4n) is 2.31. The summed E-state index contributed by atoms with van der Waals surface area (Å²) in [6, 6.07) is 3.75. The van der Waals surface area contributed by atoms with Crippen molar-refractivity contribution in [2.45, 2.75) is 25.4 Å². The Bertz CT molecular complexity index is 456. The quantitative estimate of drug-likeness (QED) is 0.907. The molecule has 1 fully saturated rings. The number of phenolic OH excluding ortho intramolecular Hbond substituents is 1. The average Bonchev–Trinajstić information content (AvgIpc) is 2.43. The minimum atomic E-state index is -0.460. The first-order valence-electron chi connectivity index (χ1n) is 6.38. The highest BCUT2D eigenvalue weighted by atomic mass is 19.1. The predicted molar refractivity (Wildman–Crippen MR) is 68.4 cm³/mol. The molecule has 5 heteroatoms. The number of carbonyl (C=O) groups is 1. The third-order valence-corrected chi connectivity index (χ3v) is 3.50. The summed E-state index contributed by atoms with van der Waals surface area (Å²) in [7, 11) is 1.67. The number of likely N-dealkylation sites (tertiary alicyclic amines) is 1. The number of benzene rings is 1. The molecule has 1 aromatic rings. The number of hydrogen-bond donors (Lipinski definition) is 1. The second-order valence-corrected chi connectivity index (χ2v) is 4.77. The van der Waals surface area contributed by atoms with E-state index in [0.29, 0.717) is 13.1 Å². The Balaban J connectivity index is 1.96. The summed E-state index contributed by atoms with van der Waals surface area (Å²) in [6.07, 6.45) is 1.81. The van der Waals surface area contributed by atoms with Crippen LogP contribution in [-0.2, 0) is 16.0 Å². The van der Waals surface area contributed by atoms with Gasteiger partial charge in [0, 0.05) is 25.8 Å². The maximum atomic E-state index is 13.5. The van der Waals surface area contributed by atoms with Gasteiger partial charge < -0.3 is 14.7 Å². The van der Waals surface area contributed by atoms with Crippen molar-refractivity contribution in [1.82, 2.24) is 4.90 Å². The minimum Gasteiger partial charge on any atom is -0.508 e. The van der Waals surface area contributed by atoms with Gasteiger partial charge in [-0.1, -0.05) is 0 Å². The summed E-state index contributed by atoms with van der Waals surface area (Å²) >= 11 is 0. The van der Waals surface area contributed by atoms with E-state index in [1.807, 2.05) is 0 Å². The molecule has 0 aliphatic carbocycles. The fourth-order valence-corrected chi connectivity index (χ4v) is 2.31. The Kier molecular flexibility index (Phi) is 4.37.